The van der Waals surface area contributed by atoms with E-state index in [-0.39, 0.29) is 41.8 Å². The first kappa shape index (κ1) is 31.8. The first-order valence-electron chi connectivity index (χ1n) is 13.7. The second kappa shape index (κ2) is 13.0. The number of hydrogen-bond acceptors (Lipinski definition) is 9. The molecule has 2 heterocycles. The predicted molar refractivity (Wildman–Crippen MR) is 159 cm³/mol. The van der Waals surface area contributed by atoms with Crippen molar-refractivity contribution in [3.63, 3.8) is 0 Å². The van der Waals surface area contributed by atoms with Gasteiger partial charge in [-0.05, 0) is 63.2 Å². The standard InChI is InChI=1S/C29H37N5O8S/c1-17-14-34(18(2)16-35)28(36)24-13-21(30-29(37)31-27-19(3)32-42-20(27)4)7-12-25(24)41-26(17)15-33(5)43(38,39)23-10-8-22(40-6)9-11-23/h7-13,17-18,26,35H,14-16H2,1-6H3,(H2,30,31,37)/t17-,18-,26+/m1/s1. The van der Waals surface area contributed by atoms with E-state index < -0.39 is 34.1 Å². The van der Waals surface area contributed by atoms with Crippen LogP contribution in [-0.4, -0.2) is 85.8 Å². The molecule has 2 aromatic carbocycles. The summed E-state index contributed by atoms with van der Waals surface area (Å²) in [5.41, 5.74) is 1.44. The molecule has 0 saturated carbocycles. The van der Waals surface area contributed by atoms with Gasteiger partial charge in [0.25, 0.3) is 5.91 Å². The van der Waals surface area contributed by atoms with Crippen LogP contribution in [0.4, 0.5) is 16.2 Å². The summed E-state index contributed by atoms with van der Waals surface area (Å²) in [5.74, 6) is 0.507. The van der Waals surface area contributed by atoms with Gasteiger partial charge in [0.05, 0.1) is 36.8 Å². The number of rotatable bonds is 9. The molecule has 0 unspecified atom stereocenters. The van der Waals surface area contributed by atoms with Crippen LogP contribution in [0.15, 0.2) is 51.9 Å². The van der Waals surface area contributed by atoms with Crippen molar-refractivity contribution in [2.45, 2.75) is 44.7 Å². The number of carbonyl (C=O) groups excluding carboxylic acids is 2. The summed E-state index contributed by atoms with van der Waals surface area (Å²) in [6, 6.07) is 9.64. The number of aryl methyl sites for hydroxylation is 2. The summed E-state index contributed by atoms with van der Waals surface area (Å²) < 4.78 is 44.5. The van der Waals surface area contributed by atoms with Gasteiger partial charge < -0.3 is 34.6 Å². The number of aliphatic hydroxyl groups is 1. The molecule has 43 heavy (non-hydrogen) atoms. The van der Waals surface area contributed by atoms with Crippen molar-refractivity contribution in [3.8, 4) is 11.5 Å². The molecule has 3 aromatic rings. The summed E-state index contributed by atoms with van der Waals surface area (Å²) in [7, 11) is -0.894. The minimum absolute atomic E-state index is 0.00957. The van der Waals surface area contributed by atoms with Crippen LogP contribution in [-0.2, 0) is 10.0 Å². The number of carbonyl (C=O) groups is 2. The van der Waals surface area contributed by atoms with Crippen LogP contribution >= 0.6 is 0 Å². The number of hydrogen-bond donors (Lipinski definition) is 3. The normalized spacial score (nSPS) is 17.9. The highest BCUT2D eigenvalue weighted by molar-refractivity contribution is 7.89. The molecule has 4 rings (SSSR count). The second-order valence-corrected chi connectivity index (χ2v) is 12.6. The monoisotopic (exact) mass is 615 g/mol. The van der Waals surface area contributed by atoms with E-state index in [1.54, 1.807) is 45.0 Å². The number of sulfonamides is 1. The zero-order valence-corrected chi connectivity index (χ0v) is 25.8. The largest absolute Gasteiger partial charge is 0.497 e. The molecule has 232 valence electrons. The summed E-state index contributed by atoms with van der Waals surface area (Å²) >= 11 is 0. The number of aliphatic hydroxyl groups excluding tert-OH is 1. The molecule has 0 spiro atoms. The molecule has 1 aliphatic heterocycles. The Labute approximate surface area is 250 Å². The highest BCUT2D eigenvalue weighted by Crippen LogP contribution is 2.31. The lowest BCUT2D eigenvalue weighted by molar-refractivity contribution is 0.0387. The van der Waals surface area contributed by atoms with Crippen molar-refractivity contribution in [2.75, 3.05) is 44.5 Å². The molecule has 0 radical (unpaired) electrons. The van der Waals surface area contributed by atoms with Crippen molar-refractivity contribution >= 4 is 33.3 Å². The molecule has 13 nitrogen and oxygen atoms in total. The number of amides is 3. The van der Waals surface area contributed by atoms with Gasteiger partial charge >= 0.3 is 6.03 Å². The quantitative estimate of drug-likeness (QED) is 0.327. The Kier molecular flexibility index (Phi) is 9.62. The molecule has 3 amide bonds. The number of methoxy groups -OCH3 is 1. The molecule has 0 aliphatic carbocycles. The Morgan fingerprint density at radius 1 is 1.21 bits per heavy atom. The summed E-state index contributed by atoms with van der Waals surface area (Å²) in [5, 5.41) is 19.1. The van der Waals surface area contributed by atoms with Gasteiger partial charge in [0.1, 0.15) is 29.0 Å². The van der Waals surface area contributed by atoms with Crippen molar-refractivity contribution in [2.24, 2.45) is 5.92 Å². The SMILES string of the molecule is COc1ccc(S(=O)(=O)N(C)C[C@@H]2Oc3ccc(NC(=O)Nc4c(C)noc4C)cc3C(=O)N([C@H](C)CO)C[C@H]2C)cc1. The Bertz CT molecular complexity index is 1550. The Hall–Kier alpha value is -4.14. The van der Waals surface area contributed by atoms with Gasteiger partial charge in [0, 0.05) is 25.2 Å². The minimum Gasteiger partial charge on any atom is -0.497 e. The Morgan fingerprint density at radius 2 is 1.91 bits per heavy atom. The highest BCUT2D eigenvalue weighted by atomic mass is 32.2. The number of nitrogens with one attached hydrogen (secondary N) is 2. The average molecular weight is 616 g/mol. The Balaban J connectivity index is 1.61. The lowest BCUT2D eigenvalue weighted by Crippen LogP contribution is -2.50. The van der Waals surface area contributed by atoms with Gasteiger partial charge in [-0.3, -0.25) is 4.79 Å². The first-order valence-corrected chi connectivity index (χ1v) is 15.1. The van der Waals surface area contributed by atoms with Crippen LogP contribution in [0.1, 0.15) is 35.7 Å². The molecule has 1 aliphatic rings. The Morgan fingerprint density at radius 3 is 2.51 bits per heavy atom. The summed E-state index contributed by atoms with van der Waals surface area (Å²) in [6.45, 7) is 6.87. The molecule has 0 saturated heterocycles. The van der Waals surface area contributed by atoms with Crippen molar-refractivity contribution < 1.29 is 37.1 Å². The number of ether oxygens (including phenoxy) is 2. The van der Waals surface area contributed by atoms with E-state index in [1.165, 1.54) is 41.6 Å². The molecule has 3 N–H and O–H groups in total. The maximum Gasteiger partial charge on any atom is 0.323 e. The van der Waals surface area contributed by atoms with Gasteiger partial charge in [0.2, 0.25) is 10.0 Å². The van der Waals surface area contributed by atoms with Crippen molar-refractivity contribution in [1.82, 2.24) is 14.4 Å². The first-order chi connectivity index (χ1) is 20.3. The molecular formula is C29H37N5O8S. The minimum atomic E-state index is -3.87. The van der Waals surface area contributed by atoms with E-state index in [1.807, 2.05) is 6.92 Å². The average Bonchev–Trinajstić information content (AvgIpc) is 3.30. The zero-order chi connectivity index (χ0) is 31.5. The predicted octanol–water partition coefficient (Wildman–Crippen LogP) is 3.48. The lowest BCUT2D eigenvalue weighted by atomic mass is 9.99. The third-order valence-corrected chi connectivity index (χ3v) is 9.24. The molecule has 0 fully saturated rings. The molecular weight excluding hydrogens is 578 g/mol. The summed E-state index contributed by atoms with van der Waals surface area (Å²) in [6.07, 6.45) is -0.653. The van der Waals surface area contributed by atoms with Gasteiger partial charge in [-0.25, -0.2) is 13.2 Å². The summed E-state index contributed by atoms with van der Waals surface area (Å²) in [4.78, 5) is 28.1. The van der Waals surface area contributed by atoms with Crippen molar-refractivity contribution in [3.05, 3.63) is 59.5 Å². The maximum absolute atomic E-state index is 13.7. The van der Waals surface area contributed by atoms with Crippen LogP contribution < -0.4 is 20.1 Å². The van der Waals surface area contributed by atoms with Crippen LogP contribution in [0.2, 0.25) is 0 Å². The fraction of sp³-hybridized carbons (Fsp3) is 0.414. The smallest absolute Gasteiger partial charge is 0.323 e. The molecule has 1 aromatic heterocycles. The van der Waals surface area contributed by atoms with E-state index in [2.05, 4.69) is 15.8 Å². The van der Waals surface area contributed by atoms with Gasteiger partial charge in [-0.2, -0.15) is 4.31 Å². The number of urea groups is 1. The zero-order valence-electron chi connectivity index (χ0n) is 24.9. The molecule has 3 atom stereocenters. The second-order valence-electron chi connectivity index (χ2n) is 10.6. The number of fused-ring (bicyclic) bond motifs is 1. The third kappa shape index (κ3) is 6.92. The van der Waals surface area contributed by atoms with Crippen LogP contribution in [0.25, 0.3) is 0 Å². The molecule has 14 heteroatoms. The van der Waals surface area contributed by atoms with E-state index in [9.17, 15) is 23.1 Å². The van der Waals surface area contributed by atoms with E-state index in [0.717, 1.165) is 0 Å². The van der Waals surface area contributed by atoms with Crippen LogP contribution in [0.3, 0.4) is 0 Å². The fourth-order valence-electron chi connectivity index (χ4n) is 4.73. The van der Waals surface area contributed by atoms with Crippen molar-refractivity contribution in [1.29, 1.82) is 0 Å². The van der Waals surface area contributed by atoms with E-state index in [4.69, 9.17) is 14.0 Å². The van der Waals surface area contributed by atoms with E-state index >= 15 is 0 Å². The van der Waals surface area contributed by atoms with Crippen LogP contribution in [0, 0.1) is 19.8 Å². The van der Waals surface area contributed by atoms with Gasteiger partial charge in [-0.1, -0.05) is 12.1 Å². The number of likely N-dealkylation sites (N-methyl/N-ethyl adjacent to an activating group) is 1. The lowest BCUT2D eigenvalue weighted by Gasteiger charge is -2.38. The third-order valence-electron chi connectivity index (χ3n) is 7.40. The van der Waals surface area contributed by atoms with Gasteiger partial charge in [-0.15, -0.1) is 0 Å². The highest BCUT2D eigenvalue weighted by Gasteiger charge is 2.35. The van der Waals surface area contributed by atoms with E-state index in [0.29, 0.717) is 28.6 Å². The number of benzene rings is 2. The topological polar surface area (TPSA) is 164 Å². The fourth-order valence-corrected chi connectivity index (χ4v) is 5.92. The molecule has 0 bridgehead atoms. The number of anilines is 2. The van der Waals surface area contributed by atoms with Crippen LogP contribution in [0.5, 0.6) is 11.5 Å². The van der Waals surface area contributed by atoms with Gasteiger partial charge in [0.15, 0.2) is 5.76 Å². The number of aromatic nitrogens is 1. The maximum atomic E-state index is 13.7. The number of nitrogens with zero attached hydrogens (tertiary/aromatic N) is 3.